The minimum atomic E-state index is -0.0439. The lowest BCUT2D eigenvalue weighted by molar-refractivity contribution is -0.114. The largest absolute Gasteiger partial charge is 0.327 e. The monoisotopic (exact) mass is 277 g/mol. The summed E-state index contributed by atoms with van der Waals surface area (Å²) >= 11 is 0. The second-order valence-corrected chi connectivity index (χ2v) is 5.81. The zero-order valence-corrected chi connectivity index (χ0v) is 13.0. The number of hydrogen-bond donors (Lipinski definition) is 2. The van der Waals surface area contributed by atoms with Gasteiger partial charge < -0.3 is 16.0 Å². The van der Waals surface area contributed by atoms with E-state index >= 15 is 0 Å². The molecule has 0 spiro atoms. The molecule has 0 aromatic heterocycles. The molecule has 1 amide bonds. The summed E-state index contributed by atoms with van der Waals surface area (Å²) in [4.78, 5) is 13.2. The Balaban J connectivity index is 2.42. The summed E-state index contributed by atoms with van der Waals surface area (Å²) < 4.78 is 0. The average Bonchev–Trinajstić information content (AvgIpc) is 2.37. The van der Waals surface area contributed by atoms with Gasteiger partial charge in [-0.1, -0.05) is 26.0 Å². The molecule has 0 saturated carbocycles. The molecular weight excluding hydrogens is 250 g/mol. The van der Waals surface area contributed by atoms with Gasteiger partial charge >= 0.3 is 0 Å². The maximum atomic E-state index is 10.9. The van der Waals surface area contributed by atoms with Crippen LogP contribution in [0.25, 0.3) is 0 Å². The van der Waals surface area contributed by atoms with Crippen LogP contribution in [0.3, 0.4) is 0 Å². The molecule has 4 heteroatoms. The normalized spacial score (nSPS) is 12.8. The predicted octanol–water partition coefficient (Wildman–Crippen LogP) is 2.45. The van der Waals surface area contributed by atoms with Crippen LogP contribution in [0.2, 0.25) is 0 Å². The summed E-state index contributed by atoms with van der Waals surface area (Å²) in [5.74, 6) is 0.484. The fourth-order valence-electron chi connectivity index (χ4n) is 1.99. The predicted molar refractivity (Wildman–Crippen MR) is 84.5 cm³/mol. The van der Waals surface area contributed by atoms with E-state index in [4.69, 9.17) is 5.73 Å². The highest BCUT2D eigenvalue weighted by atomic mass is 16.1. The molecule has 1 aromatic carbocycles. The summed E-state index contributed by atoms with van der Waals surface area (Å²) in [6.45, 7) is 7.72. The molecule has 1 aromatic rings. The Morgan fingerprint density at radius 2 is 1.90 bits per heavy atom. The van der Waals surface area contributed by atoms with Crippen molar-refractivity contribution in [3.8, 4) is 0 Å². The number of nitrogens with two attached hydrogens (primary N) is 1. The quantitative estimate of drug-likeness (QED) is 0.805. The van der Waals surface area contributed by atoms with Gasteiger partial charge in [0.25, 0.3) is 0 Å². The van der Waals surface area contributed by atoms with Crippen molar-refractivity contribution in [3.63, 3.8) is 0 Å². The first kappa shape index (κ1) is 16.7. The minimum Gasteiger partial charge on any atom is -0.327 e. The molecule has 1 rings (SSSR count). The molecule has 0 radical (unpaired) electrons. The molecule has 0 fully saturated rings. The van der Waals surface area contributed by atoms with E-state index in [1.54, 1.807) is 0 Å². The Bertz CT molecular complexity index is 414. The molecule has 0 aliphatic carbocycles. The number of carbonyl (C=O) groups is 1. The lowest BCUT2D eigenvalue weighted by Gasteiger charge is -2.21. The van der Waals surface area contributed by atoms with E-state index in [0.717, 1.165) is 25.2 Å². The molecule has 0 bridgehead atoms. The van der Waals surface area contributed by atoms with Crippen LogP contribution in [-0.2, 0) is 11.3 Å². The summed E-state index contributed by atoms with van der Waals surface area (Å²) in [5, 5.41) is 2.77. The van der Waals surface area contributed by atoms with Crippen LogP contribution in [0.15, 0.2) is 24.3 Å². The Morgan fingerprint density at radius 1 is 1.30 bits per heavy atom. The van der Waals surface area contributed by atoms with E-state index in [-0.39, 0.29) is 11.9 Å². The van der Waals surface area contributed by atoms with Gasteiger partial charge in [0.15, 0.2) is 0 Å². The van der Waals surface area contributed by atoms with Gasteiger partial charge in [0, 0.05) is 25.2 Å². The minimum absolute atomic E-state index is 0.0439. The standard InChI is InChI=1S/C16H27N3O/c1-12(2)16(17)9-10-19(4)11-14-5-7-15(8-6-14)18-13(3)20/h5-8,12,16H,9-11,17H2,1-4H3,(H,18,20). The van der Waals surface area contributed by atoms with E-state index in [2.05, 4.69) is 31.1 Å². The second-order valence-electron chi connectivity index (χ2n) is 5.81. The van der Waals surface area contributed by atoms with E-state index in [9.17, 15) is 4.79 Å². The molecule has 20 heavy (non-hydrogen) atoms. The Kier molecular flexibility index (Phi) is 6.68. The smallest absolute Gasteiger partial charge is 0.221 e. The second kappa shape index (κ2) is 8.02. The number of nitrogens with one attached hydrogen (secondary N) is 1. The zero-order valence-electron chi connectivity index (χ0n) is 13.0. The van der Waals surface area contributed by atoms with E-state index < -0.39 is 0 Å². The molecule has 0 saturated heterocycles. The van der Waals surface area contributed by atoms with Crippen molar-refractivity contribution in [1.82, 2.24) is 4.90 Å². The van der Waals surface area contributed by atoms with Crippen molar-refractivity contribution in [1.29, 1.82) is 0 Å². The molecule has 1 unspecified atom stereocenters. The Hall–Kier alpha value is -1.39. The van der Waals surface area contributed by atoms with Crippen molar-refractivity contribution in [2.75, 3.05) is 18.9 Å². The number of benzene rings is 1. The van der Waals surface area contributed by atoms with Crippen LogP contribution in [0.5, 0.6) is 0 Å². The van der Waals surface area contributed by atoms with E-state index in [0.29, 0.717) is 5.92 Å². The number of hydrogen-bond acceptors (Lipinski definition) is 3. The topological polar surface area (TPSA) is 58.4 Å². The summed E-state index contributed by atoms with van der Waals surface area (Å²) in [5.41, 5.74) is 8.13. The van der Waals surface area contributed by atoms with E-state index in [1.165, 1.54) is 12.5 Å². The Labute approximate surface area is 122 Å². The van der Waals surface area contributed by atoms with Crippen molar-refractivity contribution in [2.24, 2.45) is 11.7 Å². The van der Waals surface area contributed by atoms with Gasteiger partial charge in [0.05, 0.1) is 0 Å². The van der Waals surface area contributed by atoms with Crippen LogP contribution in [0.1, 0.15) is 32.8 Å². The van der Waals surface area contributed by atoms with Crippen molar-refractivity contribution in [2.45, 2.75) is 39.8 Å². The molecule has 0 aliphatic rings. The van der Waals surface area contributed by atoms with Gasteiger partial charge in [-0.15, -0.1) is 0 Å². The fourth-order valence-corrected chi connectivity index (χ4v) is 1.99. The number of carbonyl (C=O) groups excluding carboxylic acids is 1. The number of rotatable bonds is 7. The third kappa shape index (κ3) is 6.17. The number of amides is 1. The van der Waals surface area contributed by atoms with Crippen LogP contribution in [-0.4, -0.2) is 30.4 Å². The maximum Gasteiger partial charge on any atom is 0.221 e. The molecule has 1 atom stereocenters. The van der Waals surface area contributed by atoms with Gasteiger partial charge in [-0.3, -0.25) is 4.79 Å². The third-order valence-corrected chi connectivity index (χ3v) is 3.43. The number of nitrogens with zero attached hydrogens (tertiary/aromatic N) is 1. The highest BCUT2D eigenvalue weighted by molar-refractivity contribution is 5.88. The van der Waals surface area contributed by atoms with Crippen LogP contribution < -0.4 is 11.1 Å². The lowest BCUT2D eigenvalue weighted by atomic mass is 10.0. The first-order chi connectivity index (χ1) is 9.38. The van der Waals surface area contributed by atoms with Gasteiger partial charge in [-0.05, 0) is 43.6 Å². The van der Waals surface area contributed by atoms with Crippen LogP contribution in [0, 0.1) is 5.92 Å². The summed E-state index contributed by atoms with van der Waals surface area (Å²) in [6.07, 6.45) is 1.01. The van der Waals surface area contributed by atoms with E-state index in [1.807, 2.05) is 24.3 Å². The van der Waals surface area contributed by atoms with Gasteiger partial charge in [0.2, 0.25) is 5.91 Å². The third-order valence-electron chi connectivity index (χ3n) is 3.43. The average molecular weight is 277 g/mol. The molecule has 0 aliphatic heterocycles. The first-order valence-corrected chi connectivity index (χ1v) is 7.19. The van der Waals surface area contributed by atoms with Gasteiger partial charge in [0.1, 0.15) is 0 Å². The van der Waals surface area contributed by atoms with Crippen LogP contribution in [0.4, 0.5) is 5.69 Å². The molecule has 112 valence electrons. The fraction of sp³-hybridized carbons (Fsp3) is 0.562. The maximum absolute atomic E-state index is 10.9. The Morgan fingerprint density at radius 3 is 2.40 bits per heavy atom. The zero-order chi connectivity index (χ0) is 15.1. The SMILES string of the molecule is CC(=O)Nc1ccc(CN(C)CCC(N)C(C)C)cc1. The highest BCUT2D eigenvalue weighted by Gasteiger charge is 2.09. The first-order valence-electron chi connectivity index (χ1n) is 7.19. The molecule has 3 N–H and O–H groups in total. The van der Waals surface area contributed by atoms with Crippen molar-refractivity contribution < 1.29 is 4.79 Å². The molecule has 0 heterocycles. The summed E-state index contributed by atoms with van der Waals surface area (Å²) in [6, 6.07) is 8.22. The number of anilines is 1. The highest BCUT2D eigenvalue weighted by Crippen LogP contribution is 2.12. The lowest BCUT2D eigenvalue weighted by Crippen LogP contribution is -2.31. The van der Waals surface area contributed by atoms with Gasteiger partial charge in [-0.2, -0.15) is 0 Å². The van der Waals surface area contributed by atoms with Gasteiger partial charge in [-0.25, -0.2) is 0 Å². The van der Waals surface area contributed by atoms with Crippen molar-refractivity contribution in [3.05, 3.63) is 29.8 Å². The molecular formula is C16H27N3O. The molecule has 4 nitrogen and oxygen atoms in total. The summed E-state index contributed by atoms with van der Waals surface area (Å²) in [7, 11) is 2.11. The van der Waals surface area contributed by atoms with Crippen LogP contribution >= 0.6 is 0 Å². The van der Waals surface area contributed by atoms with Crippen molar-refractivity contribution >= 4 is 11.6 Å².